The summed E-state index contributed by atoms with van der Waals surface area (Å²) in [5.74, 6) is 2.29. The Kier molecular flexibility index (Phi) is 71.6. The third kappa shape index (κ3) is 64.7. The fourth-order valence-corrected chi connectivity index (χ4v) is 20.2. The molecule has 2 aliphatic rings. The number of carbonyl (C=O) groups is 3. The van der Waals surface area contributed by atoms with Crippen molar-refractivity contribution >= 4 is 41.4 Å². The van der Waals surface area contributed by atoms with E-state index >= 15 is 0 Å². The van der Waals surface area contributed by atoms with Gasteiger partial charge in [-0.05, 0) is 470 Å². The van der Waals surface area contributed by atoms with Gasteiger partial charge in [0, 0.05) is 49.1 Å². The van der Waals surface area contributed by atoms with Crippen LogP contribution in [0.4, 0.5) is 0 Å². The van der Waals surface area contributed by atoms with Crippen molar-refractivity contribution in [1.29, 1.82) is 0 Å². The average Bonchev–Trinajstić information content (AvgIpc) is 1.57. The van der Waals surface area contributed by atoms with E-state index in [4.69, 9.17) is 33.9 Å². The highest BCUT2D eigenvalue weighted by molar-refractivity contribution is 8.00. The number of thioether (sulfide) groups is 2. The molecule has 2 heterocycles. The van der Waals surface area contributed by atoms with E-state index in [1.165, 1.54) is 135 Å². The normalized spacial score (nSPS) is 17.2. The summed E-state index contributed by atoms with van der Waals surface area (Å²) >= 11 is 3.65. The van der Waals surface area contributed by atoms with Gasteiger partial charge in [-0.2, -0.15) is 23.5 Å². The number of epoxide rings is 1. The largest absolute Gasteiger partial charge is 0.507 e. The van der Waals surface area contributed by atoms with Crippen molar-refractivity contribution in [3.05, 3.63) is 231 Å². The van der Waals surface area contributed by atoms with E-state index in [1.807, 2.05) is 59.4 Å². The molecular formula is C131H214O12S2. The van der Waals surface area contributed by atoms with Crippen LogP contribution < -0.4 is 9.47 Å². The van der Waals surface area contributed by atoms with E-state index in [0.29, 0.717) is 35.2 Å². The first-order valence-corrected chi connectivity index (χ1v) is 57.4. The van der Waals surface area contributed by atoms with Gasteiger partial charge < -0.3 is 44.1 Å². The van der Waals surface area contributed by atoms with Gasteiger partial charge in [-0.3, -0.25) is 14.4 Å². The second-order valence-corrected chi connectivity index (χ2v) is 48.2. The first kappa shape index (κ1) is 138. The highest BCUT2D eigenvalue weighted by atomic mass is 32.2. The van der Waals surface area contributed by atoms with Crippen LogP contribution in [0, 0.1) is 41.5 Å². The van der Waals surface area contributed by atoms with Gasteiger partial charge in [-0.25, -0.2) is 0 Å². The molecule has 2 aromatic rings. The van der Waals surface area contributed by atoms with Gasteiger partial charge in [0.1, 0.15) is 45.9 Å². The fraction of sp³-hybridized carbons (Fsp3) is 0.641. The number of phenolic OH excluding ortho intramolecular Hbond substituents is 2. The van der Waals surface area contributed by atoms with Gasteiger partial charge in [0.15, 0.2) is 0 Å². The first-order chi connectivity index (χ1) is 67.9. The molecule has 1 unspecified atom stereocenters. The van der Waals surface area contributed by atoms with Gasteiger partial charge in [-0.1, -0.05) is 221 Å². The molecule has 2 aromatic carbocycles. The summed E-state index contributed by atoms with van der Waals surface area (Å²) in [4.78, 5) is 35.7. The number of benzene rings is 2. The molecule has 822 valence electrons. The number of esters is 3. The maximum Gasteiger partial charge on any atom is 0.308 e. The Hall–Kier alpha value is -7.33. The minimum atomic E-state index is -0.740. The van der Waals surface area contributed by atoms with Crippen molar-refractivity contribution in [3.63, 3.8) is 0 Å². The summed E-state index contributed by atoms with van der Waals surface area (Å²) in [5, 5.41) is 40.3. The summed E-state index contributed by atoms with van der Waals surface area (Å²) in [5.41, 5.74) is 28.7. The second kappa shape index (κ2) is 75.4. The van der Waals surface area contributed by atoms with Crippen LogP contribution in [0.3, 0.4) is 0 Å². The van der Waals surface area contributed by atoms with Crippen LogP contribution in [0.5, 0.6) is 23.0 Å². The number of hydrogen-bond donors (Lipinski definition) is 4. The number of hydrogen-bond acceptors (Lipinski definition) is 14. The smallest absolute Gasteiger partial charge is 0.308 e. The lowest BCUT2D eigenvalue weighted by Gasteiger charge is -2.38. The Labute approximate surface area is 898 Å². The van der Waals surface area contributed by atoms with Gasteiger partial charge in [0.25, 0.3) is 0 Å². The number of fused-ring (bicyclic) bond motifs is 1. The van der Waals surface area contributed by atoms with Crippen molar-refractivity contribution in [3.8, 4) is 23.0 Å². The zero-order valence-corrected chi connectivity index (χ0v) is 101. The zero-order chi connectivity index (χ0) is 110. The molecule has 4 N–H and O–H groups in total. The Morgan fingerprint density at radius 3 is 1.06 bits per heavy atom. The highest BCUT2D eigenvalue weighted by Gasteiger charge is 2.51. The molecule has 145 heavy (non-hydrogen) atoms. The van der Waals surface area contributed by atoms with Crippen LogP contribution in [0.1, 0.15) is 490 Å². The molecule has 2 aliphatic heterocycles. The molecule has 1 fully saturated rings. The molecule has 0 aromatic heterocycles. The first-order valence-electron chi connectivity index (χ1n) is 55.4. The topological polar surface area (TPSA) is 182 Å². The van der Waals surface area contributed by atoms with Crippen molar-refractivity contribution < 1.29 is 58.5 Å². The third-order valence-corrected chi connectivity index (χ3v) is 30.1. The Morgan fingerprint density at radius 2 is 0.724 bits per heavy atom. The minimum absolute atomic E-state index is 0.0626. The molecule has 0 radical (unpaired) electrons. The number of aromatic hydroxyl groups is 2. The lowest BCUT2D eigenvalue weighted by molar-refractivity contribution is -0.157. The SMILES string of the molecule is CC(=O)O[C@](C)(CC/C=C(\C)CC/C=C(\C)CCC=C(C)C)CCSC(C)C.CC(=O)Oc1c(C)c(C)c(O)c(C(C[C@@](C)(CC/C=C(\C)CC/C=C(\C)CCC=C(C)C)OC(C)=O)SC(C)C)c1C.CC(C)=CCC/C(C)=C/CC/C(C)=C/CC/C(C)=C/CO.CC(C)=CCC/C(C)=C/CC/C(C)=C/CC[C@@]1(C)O[C@H]1CO.CC/C(C)=C/CC/C(C)=C/CC/C(C)=C/CC[C@]1(C)CCc2c(C)c(O)c(C)c(C)c2O1. The average molecular weight is 2050 g/mol. The predicted octanol–water partition coefficient (Wildman–Crippen LogP) is 38.8. The Balaban J connectivity index is 0.00000183. The van der Waals surface area contributed by atoms with Crippen LogP contribution >= 0.6 is 23.5 Å². The summed E-state index contributed by atoms with van der Waals surface area (Å²) in [7, 11) is 0. The van der Waals surface area contributed by atoms with Gasteiger partial charge in [0.05, 0.1) is 18.8 Å². The standard InChI is InChI=1S/C36H56O5S.C30H46O2.C25H44O2S.C20H34O2.C20H34O/c1-23(2)16-13-17-25(5)18-14-19-26(6)20-15-21-36(12,41-31(11)38)22-32(42-24(3)4)33-29(9)35(40-30(10)37)28(8)27(7)34(33)39;1-9-21(2)13-10-14-22(3)15-11-16-23(4)17-12-19-30(8)20-18-27-26(7)28(31)24(5)25(6)29(27)32-30;1-20(2)12-9-13-22(5)14-10-15-23(6)16-11-17-25(8,27-24(7)26)18-19-28-21(3)4;1-16(2)9-6-10-17(3)11-7-12-18(4)13-8-14-20(5)19(15-21)22-20;1-17(2)9-6-10-18(3)11-7-12-19(4)13-8-14-20(5)15-16-21/h16,18,20,24,32,39H,13-15,17,19,21-22H2,1-12H3;13,15,17,31H,9-12,14,16,18-20H2,1-8H3;12,14,16,21H,9-11,13,15,17-19H2,1-8H3;9,11,13,19,21H,6-8,10,12,14-15H2,1-5H3;9,11,13,15,21H,6-8,10,12,14,16H2,1-5H3/b25-18+,26-20+;21-13+,22-15+,23-17+;22-14+,23-16+;17-11+,18-13+;18-11+,19-13+,20-15+/t32?,36-;30-;25-;19-,20+;/m1110./s1. The minimum Gasteiger partial charge on any atom is -0.507 e. The van der Waals surface area contributed by atoms with Crippen LogP contribution in [0.2, 0.25) is 0 Å². The molecule has 0 saturated carbocycles. The van der Waals surface area contributed by atoms with Crippen molar-refractivity contribution in [1.82, 2.24) is 0 Å². The molecule has 12 nitrogen and oxygen atoms in total. The van der Waals surface area contributed by atoms with Crippen LogP contribution in [0.25, 0.3) is 0 Å². The van der Waals surface area contributed by atoms with Gasteiger partial charge in [-0.15, -0.1) is 0 Å². The number of ether oxygens (including phenoxy) is 5. The number of aliphatic hydroxyl groups excluding tert-OH is 2. The molecule has 0 aliphatic carbocycles. The second-order valence-electron chi connectivity index (χ2n) is 44.7. The van der Waals surface area contributed by atoms with E-state index < -0.39 is 11.6 Å². The molecule has 6 atom stereocenters. The molecule has 0 bridgehead atoms. The third-order valence-electron chi connectivity index (χ3n) is 27.7. The maximum atomic E-state index is 12.3. The zero-order valence-electron chi connectivity index (χ0n) is 99.8. The van der Waals surface area contributed by atoms with Crippen LogP contribution in [-0.2, 0) is 35.0 Å². The monoisotopic (exact) mass is 2040 g/mol. The van der Waals surface area contributed by atoms with E-state index in [9.17, 15) is 24.6 Å². The molecule has 14 heteroatoms. The van der Waals surface area contributed by atoms with Crippen LogP contribution in [0.15, 0.2) is 186 Å². The van der Waals surface area contributed by atoms with Crippen molar-refractivity contribution in [2.75, 3.05) is 19.0 Å². The summed E-state index contributed by atoms with van der Waals surface area (Å²) in [6, 6.07) is 0. The number of phenols is 2. The van der Waals surface area contributed by atoms with E-state index in [-0.39, 0.29) is 64.3 Å². The molecular weight excluding hydrogens is 1830 g/mol. The quantitative estimate of drug-likeness (QED) is 0.0212. The van der Waals surface area contributed by atoms with Gasteiger partial charge in [0.2, 0.25) is 0 Å². The number of carbonyl (C=O) groups excluding carboxylic acids is 3. The molecule has 1 saturated heterocycles. The van der Waals surface area contributed by atoms with E-state index in [2.05, 4.69) is 292 Å². The lowest BCUT2D eigenvalue weighted by atomic mass is 9.85. The fourth-order valence-electron chi connectivity index (χ4n) is 17.7. The number of allylic oxidation sites excluding steroid dienone is 31. The predicted molar refractivity (Wildman–Crippen MR) is 635 cm³/mol. The van der Waals surface area contributed by atoms with E-state index in [0.717, 1.165) is 238 Å². The Bertz CT molecular complexity index is 4730. The summed E-state index contributed by atoms with van der Waals surface area (Å²) in [6.45, 7) is 79.4. The van der Waals surface area contributed by atoms with Crippen molar-refractivity contribution in [2.24, 2.45) is 0 Å². The van der Waals surface area contributed by atoms with Gasteiger partial charge >= 0.3 is 17.9 Å². The maximum absolute atomic E-state index is 12.3. The number of rotatable bonds is 60. The molecule has 0 spiro atoms. The molecule has 0 amide bonds. The number of aliphatic hydroxyl groups is 2. The lowest BCUT2D eigenvalue weighted by Crippen LogP contribution is -2.37. The van der Waals surface area contributed by atoms with Crippen LogP contribution in [-0.4, -0.2) is 96.3 Å². The molecule has 4 rings (SSSR count). The van der Waals surface area contributed by atoms with Crippen molar-refractivity contribution in [2.45, 2.75) is 532 Å². The summed E-state index contributed by atoms with van der Waals surface area (Å²) in [6.07, 6.45) is 73.8. The van der Waals surface area contributed by atoms with E-state index in [1.54, 1.807) is 11.8 Å². The Morgan fingerprint density at radius 1 is 0.393 bits per heavy atom. The highest BCUT2D eigenvalue weighted by Crippen LogP contribution is 2.51. The summed E-state index contributed by atoms with van der Waals surface area (Å²) < 4.78 is 29.3.